The van der Waals surface area contributed by atoms with Gasteiger partial charge in [0, 0.05) is 38.5 Å². The Labute approximate surface area is 289 Å². The van der Waals surface area contributed by atoms with Gasteiger partial charge in [-0.3, -0.25) is 9.59 Å². The summed E-state index contributed by atoms with van der Waals surface area (Å²) >= 11 is 0. The lowest BCUT2D eigenvalue weighted by molar-refractivity contribution is -0.140. The fourth-order valence-electron chi connectivity index (χ4n) is 4.64. The molecule has 0 aliphatic heterocycles. The highest BCUT2D eigenvalue weighted by atomic mass is 16.5. The van der Waals surface area contributed by atoms with Crippen LogP contribution in [0.15, 0.2) is 24.3 Å². The molecule has 0 aliphatic rings. The standard InChI is InChI=1S/C21H36O3.C20H34O3/c1-3-4-17-20(22)18-15-13-11-9-7-5-6-8-10-12-14-16-19-21(23)24-2;1-2-3-16-19(21)17-14-12-10-8-6-4-5-7-9-11-13-15-18-20(22)23/h15,18,20,22H,3-9,11,13-14,16-17,19H2,1-2H3;14,17,19,21H,2-8,10,12-13,15-16,18H2,1H3,(H,22,23)/b18-15-;17-14-/t20-;19-/m11/s1. The van der Waals surface area contributed by atoms with Gasteiger partial charge in [-0.15, -0.1) is 23.7 Å². The SMILES string of the molecule is CCCC[C@@H](O)/C=C\CCCCCCCC#CCCCC(=O)O.CCCC[C@@H](O)/C=C\CCCCCCCC#CCCCC(=O)OC. The van der Waals surface area contributed by atoms with Crippen LogP contribution in [0.25, 0.3) is 0 Å². The maximum absolute atomic E-state index is 10.9. The van der Waals surface area contributed by atoms with E-state index in [2.05, 4.69) is 54.4 Å². The molecule has 3 N–H and O–H groups in total. The normalized spacial score (nSPS) is 12.0. The lowest BCUT2D eigenvalue weighted by atomic mass is 10.1. The number of hydrogen-bond acceptors (Lipinski definition) is 5. The van der Waals surface area contributed by atoms with Gasteiger partial charge in [0.2, 0.25) is 0 Å². The number of aliphatic carboxylic acids is 1. The number of hydrogen-bond donors (Lipinski definition) is 3. The highest BCUT2D eigenvalue weighted by molar-refractivity contribution is 5.69. The van der Waals surface area contributed by atoms with Gasteiger partial charge in [0.15, 0.2) is 0 Å². The lowest BCUT2D eigenvalue weighted by Gasteiger charge is -2.03. The van der Waals surface area contributed by atoms with Crippen molar-refractivity contribution in [1.29, 1.82) is 0 Å². The van der Waals surface area contributed by atoms with Gasteiger partial charge in [0.05, 0.1) is 19.3 Å². The first-order valence-electron chi connectivity index (χ1n) is 18.8. The summed E-state index contributed by atoms with van der Waals surface area (Å²) in [6.07, 6.45) is 33.6. The van der Waals surface area contributed by atoms with Gasteiger partial charge in [-0.2, -0.15) is 0 Å². The number of aliphatic hydroxyl groups excluding tert-OH is 2. The van der Waals surface area contributed by atoms with Gasteiger partial charge < -0.3 is 20.1 Å². The van der Waals surface area contributed by atoms with E-state index in [1.165, 1.54) is 58.5 Å². The molecule has 6 heteroatoms. The first-order chi connectivity index (χ1) is 22.9. The van der Waals surface area contributed by atoms with E-state index in [1.807, 2.05) is 12.2 Å². The number of carbonyl (C=O) groups is 2. The van der Waals surface area contributed by atoms with Gasteiger partial charge in [0.1, 0.15) is 0 Å². The summed E-state index contributed by atoms with van der Waals surface area (Å²) in [5.41, 5.74) is 0. The van der Waals surface area contributed by atoms with Crippen molar-refractivity contribution in [3.63, 3.8) is 0 Å². The van der Waals surface area contributed by atoms with Gasteiger partial charge in [-0.25, -0.2) is 0 Å². The van der Waals surface area contributed by atoms with Gasteiger partial charge in [-0.1, -0.05) is 102 Å². The van der Waals surface area contributed by atoms with E-state index in [9.17, 15) is 19.8 Å². The molecule has 0 unspecified atom stereocenters. The maximum atomic E-state index is 10.9. The Balaban J connectivity index is 0. The molecule has 0 bridgehead atoms. The van der Waals surface area contributed by atoms with Crippen LogP contribution < -0.4 is 0 Å². The van der Waals surface area contributed by atoms with Crippen molar-refractivity contribution in [2.45, 2.75) is 193 Å². The minimum Gasteiger partial charge on any atom is -0.481 e. The summed E-state index contributed by atoms with van der Waals surface area (Å²) in [6.45, 7) is 4.29. The largest absolute Gasteiger partial charge is 0.481 e. The molecule has 47 heavy (non-hydrogen) atoms. The van der Waals surface area contributed by atoms with Crippen LogP contribution in [0.4, 0.5) is 0 Å². The molecule has 0 amide bonds. The smallest absolute Gasteiger partial charge is 0.305 e. The number of allylic oxidation sites excluding steroid dienone is 2. The lowest BCUT2D eigenvalue weighted by Crippen LogP contribution is -2.00. The van der Waals surface area contributed by atoms with Crippen molar-refractivity contribution in [3.8, 4) is 23.7 Å². The van der Waals surface area contributed by atoms with Crippen LogP contribution >= 0.6 is 0 Å². The second-order valence-corrected chi connectivity index (χ2v) is 12.3. The summed E-state index contributed by atoms with van der Waals surface area (Å²) in [7, 11) is 1.42. The fraction of sp³-hybridized carbons (Fsp3) is 0.756. The molecule has 0 saturated carbocycles. The molecule has 0 rings (SSSR count). The molecule has 0 aromatic carbocycles. The number of methoxy groups -OCH3 is 1. The second kappa shape index (κ2) is 39.6. The highest BCUT2D eigenvalue weighted by Crippen LogP contribution is 2.10. The van der Waals surface area contributed by atoms with Crippen LogP contribution in [-0.4, -0.2) is 46.6 Å². The number of aliphatic hydroxyl groups is 2. The second-order valence-electron chi connectivity index (χ2n) is 12.3. The van der Waals surface area contributed by atoms with E-state index in [-0.39, 0.29) is 24.6 Å². The maximum Gasteiger partial charge on any atom is 0.305 e. The van der Waals surface area contributed by atoms with Gasteiger partial charge in [0.25, 0.3) is 0 Å². The average Bonchev–Trinajstić information content (AvgIpc) is 3.06. The summed E-state index contributed by atoms with van der Waals surface area (Å²) in [5.74, 6) is 11.6. The zero-order chi connectivity index (χ0) is 35.1. The molecule has 270 valence electrons. The topological polar surface area (TPSA) is 104 Å². The molecule has 0 heterocycles. The number of carbonyl (C=O) groups excluding carboxylic acids is 1. The molecule has 6 nitrogen and oxygen atoms in total. The quantitative estimate of drug-likeness (QED) is 0.0334. The van der Waals surface area contributed by atoms with E-state index >= 15 is 0 Å². The van der Waals surface area contributed by atoms with Gasteiger partial charge in [-0.05, 0) is 64.2 Å². The average molecular weight is 659 g/mol. The third-order valence-corrected chi connectivity index (χ3v) is 7.62. The summed E-state index contributed by atoms with van der Waals surface area (Å²) < 4.78 is 4.58. The third-order valence-electron chi connectivity index (χ3n) is 7.62. The summed E-state index contributed by atoms with van der Waals surface area (Å²) in [5, 5.41) is 27.8. The van der Waals surface area contributed by atoms with Crippen molar-refractivity contribution in [2.24, 2.45) is 0 Å². The van der Waals surface area contributed by atoms with Crippen molar-refractivity contribution in [3.05, 3.63) is 24.3 Å². The monoisotopic (exact) mass is 659 g/mol. The number of carboxylic acid groups (broad SMARTS) is 1. The molecule has 0 spiro atoms. The molecule has 0 aromatic rings. The highest BCUT2D eigenvalue weighted by Gasteiger charge is 1.99. The van der Waals surface area contributed by atoms with E-state index in [4.69, 9.17) is 5.11 Å². The van der Waals surface area contributed by atoms with Crippen molar-refractivity contribution in [2.75, 3.05) is 7.11 Å². The van der Waals surface area contributed by atoms with E-state index in [0.717, 1.165) is 89.9 Å². The van der Waals surface area contributed by atoms with Crippen LogP contribution in [0.3, 0.4) is 0 Å². The molecule has 0 fully saturated rings. The number of carboxylic acids is 1. The Bertz CT molecular complexity index is 885. The first-order valence-corrected chi connectivity index (χ1v) is 18.8. The number of ether oxygens (including phenoxy) is 1. The van der Waals surface area contributed by atoms with Crippen LogP contribution in [0.1, 0.15) is 181 Å². The molecular weight excluding hydrogens is 588 g/mol. The minimum atomic E-state index is -0.739. The van der Waals surface area contributed by atoms with Crippen LogP contribution in [-0.2, 0) is 14.3 Å². The predicted octanol–water partition coefficient (Wildman–Crippen LogP) is 10.3. The number of rotatable bonds is 28. The predicted molar refractivity (Wildman–Crippen MR) is 197 cm³/mol. The van der Waals surface area contributed by atoms with Crippen LogP contribution in [0.2, 0.25) is 0 Å². The zero-order valence-electron chi connectivity index (χ0n) is 30.4. The molecule has 0 aliphatic carbocycles. The summed E-state index contributed by atoms with van der Waals surface area (Å²) in [4.78, 5) is 21.2. The fourth-order valence-corrected chi connectivity index (χ4v) is 4.64. The van der Waals surface area contributed by atoms with Crippen molar-refractivity contribution >= 4 is 11.9 Å². The number of unbranched alkanes of at least 4 members (excludes halogenated alkanes) is 16. The zero-order valence-corrected chi connectivity index (χ0v) is 30.4. The Morgan fingerprint density at radius 2 is 0.957 bits per heavy atom. The number of esters is 1. The molecule has 0 saturated heterocycles. The van der Waals surface area contributed by atoms with Crippen molar-refractivity contribution in [1.82, 2.24) is 0 Å². The molecule has 0 radical (unpaired) electrons. The van der Waals surface area contributed by atoms with Crippen LogP contribution in [0.5, 0.6) is 0 Å². The summed E-state index contributed by atoms with van der Waals surface area (Å²) in [6, 6.07) is 0. The van der Waals surface area contributed by atoms with E-state index in [1.54, 1.807) is 0 Å². The first kappa shape index (κ1) is 46.6. The molecule has 0 aromatic heterocycles. The van der Waals surface area contributed by atoms with Crippen LogP contribution in [0, 0.1) is 23.7 Å². The minimum absolute atomic E-state index is 0.151. The molecular formula is C41H70O6. The van der Waals surface area contributed by atoms with Crippen molar-refractivity contribution < 1.29 is 29.6 Å². The Hall–Kier alpha value is -2.54. The third kappa shape index (κ3) is 43.5. The van der Waals surface area contributed by atoms with Gasteiger partial charge >= 0.3 is 11.9 Å². The Morgan fingerprint density at radius 3 is 1.36 bits per heavy atom. The van der Waals surface area contributed by atoms with E-state index in [0.29, 0.717) is 19.3 Å². The Morgan fingerprint density at radius 1 is 0.574 bits per heavy atom. The van der Waals surface area contributed by atoms with E-state index < -0.39 is 5.97 Å². The Kier molecular flexibility index (Phi) is 39.3. The molecule has 2 atom stereocenters.